The maximum atomic E-state index is 11.6. The van der Waals surface area contributed by atoms with Gasteiger partial charge in [0, 0.05) is 18.3 Å². The Morgan fingerprint density at radius 2 is 1.57 bits per heavy atom. The van der Waals surface area contributed by atoms with Gasteiger partial charge in [-0.25, -0.2) is 13.1 Å². The van der Waals surface area contributed by atoms with Crippen LogP contribution >= 0.6 is 0 Å². The zero-order chi connectivity index (χ0) is 16.6. The fourth-order valence-electron chi connectivity index (χ4n) is 1.36. The van der Waals surface area contributed by atoms with Crippen molar-refractivity contribution in [3.63, 3.8) is 0 Å². The Labute approximate surface area is 125 Å². The molecule has 0 aliphatic heterocycles. The molecule has 1 amide bonds. The largest absolute Gasteiger partial charge is 0.349 e. The predicted molar refractivity (Wildman–Crippen MR) is 79.1 cm³/mol. The monoisotopic (exact) mass is 320 g/mol. The molecule has 7 nitrogen and oxygen atoms in total. The van der Waals surface area contributed by atoms with Crippen molar-refractivity contribution in [2.45, 2.75) is 33.6 Å². The van der Waals surface area contributed by atoms with Crippen molar-refractivity contribution in [2.24, 2.45) is 11.8 Å². The van der Waals surface area contributed by atoms with Crippen LogP contribution in [0.5, 0.6) is 0 Å². The standard InChI is InChI=1S/C13H24N2O5S/c1-9(2)11(16)7-14-13(18)6-5-10(3)12(17)8-15-21(4,19)20/h9-10,15H,5-8H2,1-4H3,(H,14,18). The molecule has 21 heavy (non-hydrogen) atoms. The van der Waals surface area contributed by atoms with E-state index in [1.165, 1.54) is 0 Å². The topological polar surface area (TPSA) is 109 Å². The Bertz CT molecular complexity index is 485. The van der Waals surface area contributed by atoms with Crippen LogP contribution in [-0.4, -0.2) is 45.2 Å². The molecule has 122 valence electrons. The number of carbonyl (C=O) groups excluding carboxylic acids is 3. The highest BCUT2D eigenvalue weighted by molar-refractivity contribution is 7.88. The van der Waals surface area contributed by atoms with E-state index in [1.54, 1.807) is 20.8 Å². The lowest BCUT2D eigenvalue weighted by Crippen LogP contribution is -2.33. The third-order valence-corrected chi connectivity index (χ3v) is 3.64. The number of hydrogen-bond donors (Lipinski definition) is 2. The molecule has 0 rings (SSSR count). The van der Waals surface area contributed by atoms with Gasteiger partial charge in [-0.2, -0.15) is 0 Å². The summed E-state index contributed by atoms with van der Waals surface area (Å²) in [6.45, 7) is 4.87. The first-order valence-electron chi connectivity index (χ1n) is 6.79. The van der Waals surface area contributed by atoms with Gasteiger partial charge in [0.2, 0.25) is 15.9 Å². The third-order valence-electron chi connectivity index (χ3n) is 2.97. The molecular formula is C13H24N2O5S. The molecule has 0 saturated carbocycles. The second-order valence-corrected chi connectivity index (χ2v) is 7.23. The minimum atomic E-state index is -3.40. The lowest BCUT2D eigenvalue weighted by Gasteiger charge is -2.11. The minimum absolute atomic E-state index is 0.00549. The second-order valence-electron chi connectivity index (χ2n) is 5.40. The molecule has 0 aliphatic rings. The van der Waals surface area contributed by atoms with Crippen LogP contribution < -0.4 is 10.0 Å². The minimum Gasteiger partial charge on any atom is -0.349 e. The van der Waals surface area contributed by atoms with Gasteiger partial charge in [-0.05, 0) is 6.42 Å². The Balaban J connectivity index is 4.01. The first-order chi connectivity index (χ1) is 9.53. The van der Waals surface area contributed by atoms with E-state index in [4.69, 9.17) is 0 Å². The molecule has 1 unspecified atom stereocenters. The SMILES string of the molecule is CC(C)C(=O)CNC(=O)CCC(C)C(=O)CNS(C)(=O)=O. The van der Waals surface area contributed by atoms with Crippen LogP contribution in [0, 0.1) is 11.8 Å². The van der Waals surface area contributed by atoms with Crippen molar-refractivity contribution in [1.29, 1.82) is 0 Å². The summed E-state index contributed by atoms with van der Waals surface area (Å²) in [6.07, 6.45) is 1.41. The highest BCUT2D eigenvalue weighted by atomic mass is 32.2. The molecule has 0 spiro atoms. The fraction of sp³-hybridized carbons (Fsp3) is 0.769. The summed E-state index contributed by atoms with van der Waals surface area (Å²) in [5, 5.41) is 2.50. The summed E-state index contributed by atoms with van der Waals surface area (Å²) in [5.74, 6) is -1.17. The van der Waals surface area contributed by atoms with Crippen molar-refractivity contribution < 1.29 is 22.8 Å². The Morgan fingerprint density at radius 3 is 2.05 bits per heavy atom. The van der Waals surface area contributed by atoms with Gasteiger partial charge < -0.3 is 5.32 Å². The lowest BCUT2D eigenvalue weighted by atomic mass is 10.0. The first-order valence-corrected chi connectivity index (χ1v) is 8.68. The van der Waals surface area contributed by atoms with Gasteiger partial charge in [0.25, 0.3) is 0 Å². The zero-order valence-electron chi connectivity index (χ0n) is 12.9. The van der Waals surface area contributed by atoms with Gasteiger partial charge in [-0.3, -0.25) is 14.4 Å². The number of carbonyl (C=O) groups is 3. The van der Waals surface area contributed by atoms with Gasteiger partial charge in [0.1, 0.15) is 0 Å². The Kier molecular flexibility index (Phi) is 8.34. The summed E-state index contributed by atoms with van der Waals surface area (Å²) in [7, 11) is -3.40. The average molecular weight is 320 g/mol. The first kappa shape index (κ1) is 19.7. The molecule has 8 heteroatoms. The highest BCUT2D eigenvalue weighted by Crippen LogP contribution is 2.06. The molecule has 0 aromatic rings. The quantitative estimate of drug-likeness (QED) is 0.582. The van der Waals surface area contributed by atoms with Crippen molar-refractivity contribution in [3.8, 4) is 0 Å². The molecule has 0 radical (unpaired) electrons. The van der Waals surface area contributed by atoms with Gasteiger partial charge >= 0.3 is 0 Å². The van der Waals surface area contributed by atoms with E-state index in [9.17, 15) is 22.8 Å². The molecule has 0 aromatic carbocycles. The number of rotatable bonds is 10. The van der Waals surface area contributed by atoms with Crippen LogP contribution in [0.15, 0.2) is 0 Å². The van der Waals surface area contributed by atoms with E-state index in [0.29, 0.717) is 6.42 Å². The van der Waals surface area contributed by atoms with E-state index < -0.39 is 15.9 Å². The van der Waals surface area contributed by atoms with E-state index >= 15 is 0 Å². The van der Waals surface area contributed by atoms with Crippen molar-refractivity contribution in [2.75, 3.05) is 19.3 Å². The number of ketones is 2. The summed E-state index contributed by atoms with van der Waals surface area (Å²) in [4.78, 5) is 34.5. The molecule has 0 saturated heterocycles. The van der Waals surface area contributed by atoms with Crippen molar-refractivity contribution in [1.82, 2.24) is 10.0 Å². The zero-order valence-corrected chi connectivity index (χ0v) is 13.7. The molecule has 0 fully saturated rings. The van der Waals surface area contributed by atoms with Gasteiger partial charge in [0.15, 0.2) is 11.6 Å². The molecule has 2 N–H and O–H groups in total. The van der Waals surface area contributed by atoms with Crippen LogP contribution in [0.3, 0.4) is 0 Å². The maximum Gasteiger partial charge on any atom is 0.220 e. The molecule has 0 aliphatic carbocycles. The maximum absolute atomic E-state index is 11.6. The summed E-state index contributed by atoms with van der Waals surface area (Å²) < 4.78 is 23.9. The second kappa shape index (κ2) is 8.89. The Hall–Kier alpha value is -1.28. The van der Waals surface area contributed by atoms with Crippen molar-refractivity contribution in [3.05, 3.63) is 0 Å². The normalized spacial score (nSPS) is 13.0. The lowest BCUT2D eigenvalue weighted by molar-refractivity contribution is -0.127. The van der Waals surface area contributed by atoms with Crippen LogP contribution in [-0.2, 0) is 24.4 Å². The predicted octanol–water partition coefficient (Wildman–Crippen LogP) is -0.138. The number of sulfonamides is 1. The highest BCUT2D eigenvalue weighted by Gasteiger charge is 2.16. The van der Waals surface area contributed by atoms with Crippen LogP contribution in [0.1, 0.15) is 33.6 Å². The van der Waals surface area contributed by atoms with Crippen LogP contribution in [0.4, 0.5) is 0 Å². The summed E-state index contributed by atoms with van der Waals surface area (Å²) in [5.41, 5.74) is 0. The van der Waals surface area contributed by atoms with E-state index in [0.717, 1.165) is 6.26 Å². The number of amides is 1. The van der Waals surface area contributed by atoms with E-state index in [2.05, 4.69) is 10.0 Å². The third kappa shape index (κ3) is 10.1. The number of hydrogen-bond acceptors (Lipinski definition) is 5. The molecule has 0 bridgehead atoms. The number of Topliss-reactive ketones (excluding diaryl/α,β-unsaturated/α-hetero) is 2. The molecule has 1 atom stereocenters. The Morgan fingerprint density at radius 1 is 1.00 bits per heavy atom. The van der Waals surface area contributed by atoms with Gasteiger partial charge in [-0.1, -0.05) is 20.8 Å². The van der Waals surface area contributed by atoms with Gasteiger partial charge in [-0.15, -0.1) is 0 Å². The smallest absolute Gasteiger partial charge is 0.220 e. The van der Waals surface area contributed by atoms with Crippen LogP contribution in [0.2, 0.25) is 0 Å². The molecule has 0 aromatic heterocycles. The molecule has 0 heterocycles. The summed E-state index contributed by atoms with van der Waals surface area (Å²) in [6, 6.07) is 0. The average Bonchev–Trinajstić information content (AvgIpc) is 2.38. The number of nitrogens with one attached hydrogen (secondary N) is 2. The van der Waals surface area contributed by atoms with Crippen LogP contribution in [0.25, 0.3) is 0 Å². The van der Waals surface area contributed by atoms with E-state index in [-0.39, 0.29) is 42.9 Å². The summed E-state index contributed by atoms with van der Waals surface area (Å²) >= 11 is 0. The fourth-order valence-corrected chi connectivity index (χ4v) is 1.77. The van der Waals surface area contributed by atoms with E-state index in [1.807, 2.05) is 0 Å². The molecular weight excluding hydrogens is 296 g/mol. The van der Waals surface area contributed by atoms with Crippen molar-refractivity contribution >= 4 is 27.5 Å². The van der Waals surface area contributed by atoms with Gasteiger partial charge in [0.05, 0.1) is 19.3 Å².